The monoisotopic (exact) mass is 271 g/mol. The van der Waals surface area contributed by atoms with Crippen LogP contribution in [0.1, 0.15) is 55.3 Å². The van der Waals surface area contributed by atoms with Gasteiger partial charge in [0.2, 0.25) is 0 Å². The van der Waals surface area contributed by atoms with Crippen LogP contribution in [-0.4, -0.2) is 17.6 Å². The Kier molecular flexibility index (Phi) is 3.18. The molecule has 3 nitrogen and oxygen atoms in total. The van der Waals surface area contributed by atoms with E-state index in [-0.39, 0.29) is 0 Å². The van der Waals surface area contributed by atoms with Crippen LogP contribution in [0.3, 0.4) is 0 Å². The van der Waals surface area contributed by atoms with Crippen molar-refractivity contribution in [2.45, 2.75) is 64.0 Å². The van der Waals surface area contributed by atoms with Crippen LogP contribution in [0.15, 0.2) is 6.07 Å². The van der Waals surface area contributed by atoms with Crippen LogP contribution >= 0.6 is 0 Å². The summed E-state index contributed by atoms with van der Waals surface area (Å²) in [5, 5.41) is 0. The molecule has 4 rings (SSSR count). The average molecular weight is 271 g/mol. The van der Waals surface area contributed by atoms with Crippen LogP contribution in [0, 0.1) is 5.92 Å². The Labute approximate surface area is 121 Å². The van der Waals surface area contributed by atoms with Crippen LogP contribution in [0.5, 0.6) is 0 Å². The van der Waals surface area contributed by atoms with E-state index >= 15 is 0 Å². The zero-order chi connectivity index (χ0) is 13.5. The largest absolute Gasteiger partial charge is 0.353 e. The Morgan fingerprint density at radius 1 is 1.15 bits per heavy atom. The lowest BCUT2D eigenvalue weighted by Crippen LogP contribution is -2.36. The van der Waals surface area contributed by atoms with Crippen molar-refractivity contribution < 1.29 is 0 Å². The number of aryl methyl sites for hydroxylation is 2. The first-order chi connectivity index (χ1) is 9.86. The van der Waals surface area contributed by atoms with E-state index in [1.165, 1.54) is 74.1 Å². The van der Waals surface area contributed by atoms with Crippen molar-refractivity contribution in [2.24, 2.45) is 11.7 Å². The lowest BCUT2D eigenvalue weighted by Gasteiger charge is -2.33. The predicted octanol–water partition coefficient (Wildman–Crippen LogP) is 2.80. The number of rotatable bonds is 2. The van der Waals surface area contributed by atoms with E-state index in [1.54, 1.807) is 0 Å². The molecular weight excluding hydrogens is 246 g/mol. The van der Waals surface area contributed by atoms with E-state index in [4.69, 9.17) is 10.7 Å². The summed E-state index contributed by atoms with van der Waals surface area (Å²) in [5.74, 6) is 2.13. The highest BCUT2D eigenvalue weighted by atomic mass is 15.2. The van der Waals surface area contributed by atoms with Crippen molar-refractivity contribution in [3.05, 3.63) is 22.9 Å². The third kappa shape index (κ3) is 1.95. The predicted molar refractivity (Wildman–Crippen MR) is 81.9 cm³/mol. The first-order valence-corrected chi connectivity index (χ1v) is 8.35. The van der Waals surface area contributed by atoms with Crippen molar-refractivity contribution in [3.63, 3.8) is 0 Å². The molecule has 1 saturated carbocycles. The zero-order valence-corrected chi connectivity index (χ0v) is 12.3. The number of hydrogen-bond acceptors (Lipinski definition) is 3. The second-order valence-corrected chi connectivity index (χ2v) is 6.73. The Morgan fingerprint density at radius 3 is 2.95 bits per heavy atom. The number of nitrogens with zero attached hydrogens (tertiary/aromatic N) is 2. The summed E-state index contributed by atoms with van der Waals surface area (Å²) in [6.07, 6.45) is 10.6. The van der Waals surface area contributed by atoms with E-state index in [0.717, 1.165) is 18.4 Å². The molecule has 1 aliphatic heterocycles. The van der Waals surface area contributed by atoms with Gasteiger partial charge in [-0.05, 0) is 56.1 Å². The molecule has 0 radical (unpaired) electrons. The number of nitrogens with two attached hydrogens (primary N) is 1. The molecule has 2 atom stereocenters. The molecule has 2 N–H and O–H groups in total. The number of anilines is 1. The first-order valence-electron chi connectivity index (χ1n) is 8.35. The maximum Gasteiger partial charge on any atom is 0.133 e. The normalized spacial score (nSPS) is 28.6. The Hall–Kier alpha value is -1.09. The van der Waals surface area contributed by atoms with Gasteiger partial charge < -0.3 is 10.6 Å². The molecule has 2 aliphatic carbocycles. The maximum absolute atomic E-state index is 6.01. The van der Waals surface area contributed by atoms with Crippen molar-refractivity contribution in [3.8, 4) is 0 Å². The molecule has 108 valence electrons. The molecule has 0 aromatic carbocycles. The Balaban J connectivity index is 1.70. The van der Waals surface area contributed by atoms with Crippen molar-refractivity contribution >= 4 is 5.82 Å². The summed E-state index contributed by atoms with van der Waals surface area (Å²) in [5.41, 5.74) is 10.1. The quantitative estimate of drug-likeness (QED) is 0.899. The van der Waals surface area contributed by atoms with Crippen molar-refractivity contribution in [1.82, 2.24) is 4.98 Å². The van der Waals surface area contributed by atoms with Crippen LogP contribution in [-0.2, 0) is 19.4 Å². The fourth-order valence-corrected chi connectivity index (χ4v) is 4.58. The van der Waals surface area contributed by atoms with Gasteiger partial charge in [0.25, 0.3) is 0 Å². The summed E-state index contributed by atoms with van der Waals surface area (Å²) in [6, 6.07) is 3.09. The lowest BCUT2D eigenvalue weighted by molar-refractivity contribution is 0.341. The minimum absolute atomic E-state index is 0.628. The van der Waals surface area contributed by atoms with Gasteiger partial charge in [-0.2, -0.15) is 0 Å². The molecule has 0 amide bonds. The van der Waals surface area contributed by atoms with E-state index in [2.05, 4.69) is 11.0 Å². The molecule has 0 bridgehead atoms. The number of hydrogen-bond donors (Lipinski definition) is 1. The van der Waals surface area contributed by atoms with E-state index in [1.807, 2.05) is 0 Å². The van der Waals surface area contributed by atoms with Gasteiger partial charge in [0, 0.05) is 30.4 Å². The number of aromatic nitrogens is 1. The third-order valence-corrected chi connectivity index (χ3v) is 5.61. The standard InChI is InChI=1S/C17H25N3/c18-11-14-10-13-5-3-6-15(13)19-17(14)20-9-8-12-4-1-2-7-16(12)20/h10,12,16H,1-9,11,18H2. The van der Waals surface area contributed by atoms with Gasteiger partial charge in [-0.1, -0.05) is 12.8 Å². The van der Waals surface area contributed by atoms with Crippen LogP contribution in [0.25, 0.3) is 0 Å². The highest BCUT2D eigenvalue weighted by Gasteiger charge is 2.37. The molecule has 2 fully saturated rings. The second kappa shape index (κ2) is 5.03. The van der Waals surface area contributed by atoms with Gasteiger partial charge in [0.1, 0.15) is 5.82 Å². The first kappa shape index (κ1) is 12.6. The van der Waals surface area contributed by atoms with Gasteiger partial charge in [-0.25, -0.2) is 4.98 Å². The highest BCUT2D eigenvalue weighted by molar-refractivity contribution is 5.52. The minimum Gasteiger partial charge on any atom is -0.353 e. The molecule has 3 aliphatic rings. The van der Waals surface area contributed by atoms with Crippen LogP contribution in [0.2, 0.25) is 0 Å². The zero-order valence-electron chi connectivity index (χ0n) is 12.3. The minimum atomic E-state index is 0.628. The molecule has 20 heavy (non-hydrogen) atoms. The highest BCUT2D eigenvalue weighted by Crippen LogP contribution is 2.40. The lowest BCUT2D eigenvalue weighted by atomic mass is 9.85. The van der Waals surface area contributed by atoms with Gasteiger partial charge in [-0.15, -0.1) is 0 Å². The summed E-state index contributed by atoms with van der Waals surface area (Å²) in [4.78, 5) is 7.64. The fourth-order valence-electron chi connectivity index (χ4n) is 4.58. The van der Waals surface area contributed by atoms with Gasteiger partial charge in [-0.3, -0.25) is 0 Å². The maximum atomic E-state index is 6.01. The van der Waals surface area contributed by atoms with Crippen molar-refractivity contribution in [1.29, 1.82) is 0 Å². The topological polar surface area (TPSA) is 42.1 Å². The fraction of sp³-hybridized carbons (Fsp3) is 0.706. The Morgan fingerprint density at radius 2 is 2.05 bits per heavy atom. The molecule has 1 saturated heterocycles. The molecule has 1 aromatic heterocycles. The summed E-state index contributed by atoms with van der Waals surface area (Å²) in [7, 11) is 0. The molecular formula is C17H25N3. The van der Waals surface area contributed by atoms with Crippen LogP contribution in [0.4, 0.5) is 5.82 Å². The smallest absolute Gasteiger partial charge is 0.133 e. The van der Waals surface area contributed by atoms with E-state index in [9.17, 15) is 0 Å². The van der Waals surface area contributed by atoms with Crippen molar-refractivity contribution in [2.75, 3.05) is 11.4 Å². The molecule has 3 heteroatoms. The summed E-state index contributed by atoms with van der Waals surface area (Å²) >= 11 is 0. The van der Waals surface area contributed by atoms with E-state index < -0.39 is 0 Å². The molecule has 2 unspecified atom stereocenters. The number of fused-ring (bicyclic) bond motifs is 2. The van der Waals surface area contributed by atoms with E-state index in [0.29, 0.717) is 6.54 Å². The number of pyridine rings is 1. The van der Waals surface area contributed by atoms with Crippen LogP contribution < -0.4 is 10.6 Å². The second-order valence-electron chi connectivity index (χ2n) is 6.73. The van der Waals surface area contributed by atoms with Gasteiger partial charge in [0.15, 0.2) is 0 Å². The van der Waals surface area contributed by atoms with Gasteiger partial charge >= 0.3 is 0 Å². The van der Waals surface area contributed by atoms with Gasteiger partial charge in [0.05, 0.1) is 0 Å². The summed E-state index contributed by atoms with van der Waals surface area (Å²) in [6.45, 7) is 1.82. The molecule has 2 heterocycles. The third-order valence-electron chi connectivity index (χ3n) is 5.61. The Bertz CT molecular complexity index is 511. The average Bonchev–Trinajstić information content (AvgIpc) is 3.11. The molecule has 0 spiro atoms. The molecule has 1 aromatic rings. The summed E-state index contributed by atoms with van der Waals surface area (Å²) < 4.78 is 0. The SMILES string of the molecule is NCc1cc2c(nc1N1CCC3CCCCC31)CCC2.